The van der Waals surface area contributed by atoms with Crippen LogP contribution in [0.25, 0.3) is 0 Å². The number of rotatable bonds is 6. The summed E-state index contributed by atoms with van der Waals surface area (Å²) >= 11 is 0. The summed E-state index contributed by atoms with van der Waals surface area (Å²) in [5, 5.41) is 6.02. The number of nitrogens with zero attached hydrogens (tertiary/aromatic N) is 1. The van der Waals surface area contributed by atoms with Crippen LogP contribution in [0.15, 0.2) is 48.5 Å². The van der Waals surface area contributed by atoms with Crippen LogP contribution in [-0.2, 0) is 4.79 Å². The van der Waals surface area contributed by atoms with Gasteiger partial charge < -0.3 is 15.5 Å². The number of anilines is 2. The van der Waals surface area contributed by atoms with Crippen molar-refractivity contribution in [1.29, 1.82) is 0 Å². The standard InChI is InChI=1S/C20H25N3O2/c1-14(2)17-7-5-6-8-18(17)21-13-19(24)22-16-11-9-15(10-12-16)20(25)23(3)4/h5-12,14,21H,13H2,1-4H3,(H,22,24). The molecule has 0 heterocycles. The minimum Gasteiger partial charge on any atom is -0.376 e. The van der Waals surface area contributed by atoms with Crippen LogP contribution in [0, 0.1) is 0 Å². The smallest absolute Gasteiger partial charge is 0.253 e. The Hall–Kier alpha value is -2.82. The Morgan fingerprint density at radius 2 is 1.64 bits per heavy atom. The molecule has 0 fully saturated rings. The van der Waals surface area contributed by atoms with E-state index < -0.39 is 0 Å². The third-order valence-corrected chi connectivity index (χ3v) is 3.84. The van der Waals surface area contributed by atoms with Gasteiger partial charge in [-0.2, -0.15) is 0 Å². The number of nitrogens with one attached hydrogen (secondary N) is 2. The average molecular weight is 339 g/mol. The SMILES string of the molecule is CC(C)c1ccccc1NCC(=O)Nc1ccc(C(=O)N(C)C)cc1. The van der Waals surface area contributed by atoms with Crippen LogP contribution < -0.4 is 10.6 Å². The van der Waals surface area contributed by atoms with Gasteiger partial charge >= 0.3 is 0 Å². The summed E-state index contributed by atoms with van der Waals surface area (Å²) in [4.78, 5) is 25.5. The Kier molecular flexibility index (Phi) is 6.17. The molecule has 5 heteroatoms. The van der Waals surface area contributed by atoms with E-state index in [-0.39, 0.29) is 18.4 Å². The van der Waals surface area contributed by atoms with Crippen LogP contribution >= 0.6 is 0 Å². The molecule has 2 rings (SSSR count). The number of carbonyl (C=O) groups excluding carboxylic acids is 2. The van der Waals surface area contributed by atoms with E-state index in [9.17, 15) is 9.59 Å². The van der Waals surface area contributed by atoms with Crippen molar-refractivity contribution < 1.29 is 9.59 Å². The normalized spacial score (nSPS) is 10.4. The van der Waals surface area contributed by atoms with Crippen molar-refractivity contribution in [3.63, 3.8) is 0 Å². The fourth-order valence-electron chi connectivity index (χ4n) is 2.50. The zero-order valence-corrected chi connectivity index (χ0v) is 15.2. The molecule has 25 heavy (non-hydrogen) atoms. The van der Waals surface area contributed by atoms with Gasteiger partial charge in [0.25, 0.3) is 5.91 Å². The van der Waals surface area contributed by atoms with Crippen molar-refractivity contribution in [3.05, 3.63) is 59.7 Å². The number of carbonyl (C=O) groups is 2. The Labute approximate surface area is 149 Å². The first kappa shape index (κ1) is 18.5. The molecule has 0 radical (unpaired) electrons. The molecule has 0 saturated heterocycles. The highest BCUT2D eigenvalue weighted by Crippen LogP contribution is 2.23. The molecule has 5 nitrogen and oxygen atoms in total. The van der Waals surface area contributed by atoms with Crippen LogP contribution in [0.5, 0.6) is 0 Å². The van der Waals surface area contributed by atoms with Gasteiger partial charge in [0, 0.05) is 31.0 Å². The maximum Gasteiger partial charge on any atom is 0.253 e. The van der Waals surface area contributed by atoms with Crippen molar-refractivity contribution in [1.82, 2.24) is 4.90 Å². The van der Waals surface area contributed by atoms with E-state index in [1.165, 1.54) is 10.5 Å². The van der Waals surface area contributed by atoms with Crippen LogP contribution in [0.4, 0.5) is 11.4 Å². The van der Waals surface area contributed by atoms with E-state index in [4.69, 9.17) is 0 Å². The first-order valence-electron chi connectivity index (χ1n) is 8.33. The molecule has 2 aromatic carbocycles. The Morgan fingerprint density at radius 1 is 1.00 bits per heavy atom. The van der Waals surface area contributed by atoms with Crippen molar-refractivity contribution >= 4 is 23.2 Å². The van der Waals surface area contributed by atoms with E-state index in [0.717, 1.165) is 5.69 Å². The van der Waals surface area contributed by atoms with Gasteiger partial charge in [0.05, 0.1) is 6.54 Å². The van der Waals surface area contributed by atoms with Crippen LogP contribution in [-0.4, -0.2) is 37.4 Å². The molecular weight excluding hydrogens is 314 g/mol. The van der Waals surface area contributed by atoms with Crippen LogP contribution in [0.2, 0.25) is 0 Å². The number of para-hydroxylation sites is 1. The predicted octanol–water partition coefficient (Wildman–Crippen LogP) is 3.56. The second kappa shape index (κ2) is 8.33. The molecule has 2 amide bonds. The van der Waals surface area contributed by atoms with Gasteiger partial charge in [-0.15, -0.1) is 0 Å². The molecule has 0 atom stereocenters. The second-order valence-corrected chi connectivity index (χ2v) is 6.42. The fourth-order valence-corrected chi connectivity index (χ4v) is 2.50. The van der Waals surface area contributed by atoms with E-state index in [0.29, 0.717) is 17.2 Å². The molecule has 0 saturated carbocycles. The van der Waals surface area contributed by atoms with Gasteiger partial charge in [-0.3, -0.25) is 9.59 Å². The van der Waals surface area contributed by atoms with Gasteiger partial charge in [0.15, 0.2) is 0 Å². The van der Waals surface area contributed by atoms with Crippen LogP contribution in [0.1, 0.15) is 35.7 Å². The second-order valence-electron chi connectivity index (χ2n) is 6.42. The quantitative estimate of drug-likeness (QED) is 0.846. The minimum absolute atomic E-state index is 0.0650. The zero-order valence-electron chi connectivity index (χ0n) is 15.2. The molecule has 0 spiro atoms. The lowest BCUT2D eigenvalue weighted by molar-refractivity contribution is -0.114. The monoisotopic (exact) mass is 339 g/mol. The van der Waals surface area contributed by atoms with E-state index in [1.807, 2.05) is 18.2 Å². The maximum atomic E-state index is 12.1. The van der Waals surface area contributed by atoms with E-state index in [2.05, 4.69) is 30.5 Å². The summed E-state index contributed by atoms with van der Waals surface area (Å²) in [6.07, 6.45) is 0. The fraction of sp³-hybridized carbons (Fsp3) is 0.300. The molecule has 0 aliphatic rings. The first-order valence-corrected chi connectivity index (χ1v) is 8.33. The van der Waals surface area contributed by atoms with Gasteiger partial charge in [-0.05, 0) is 41.8 Å². The summed E-state index contributed by atoms with van der Waals surface area (Å²) < 4.78 is 0. The largest absolute Gasteiger partial charge is 0.376 e. The molecule has 0 bridgehead atoms. The van der Waals surface area contributed by atoms with Gasteiger partial charge in [0.2, 0.25) is 5.91 Å². The molecule has 2 aromatic rings. The third kappa shape index (κ3) is 5.08. The highest BCUT2D eigenvalue weighted by Gasteiger charge is 2.09. The Morgan fingerprint density at radius 3 is 2.24 bits per heavy atom. The Balaban J connectivity index is 1.94. The van der Waals surface area contributed by atoms with E-state index >= 15 is 0 Å². The number of hydrogen-bond donors (Lipinski definition) is 2. The Bertz CT molecular complexity index is 737. The number of amides is 2. The topological polar surface area (TPSA) is 61.4 Å². The van der Waals surface area contributed by atoms with Crippen molar-refractivity contribution in [2.45, 2.75) is 19.8 Å². The molecule has 132 valence electrons. The summed E-state index contributed by atoms with van der Waals surface area (Å²) in [7, 11) is 3.41. The minimum atomic E-state index is -0.134. The van der Waals surface area contributed by atoms with Gasteiger partial charge in [-0.25, -0.2) is 0 Å². The first-order chi connectivity index (χ1) is 11.9. The lowest BCUT2D eigenvalue weighted by Crippen LogP contribution is -2.23. The predicted molar refractivity (Wildman–Crippen MR) is 102 cm³/mol. The molecular formula is C20H25N3O2. The summed E-state index contributed by atoms with van der Waals surface area (Å²) in [5.41, 5.74) is 3.41. The van der Waals surface area contributed by atoms with Gasteiger partial charge in [0.1, 0.15) is 0 Å². The maximum absolute atomic E-state index is 12.1. The van der Waals surface area contributed by atoms with Gasteiger partial charge in [-0.1, -0.05) is 32.0 Å². The van der Waals surface area contributed by atoms with Crippen molar-refractivity contribution in [2.24, 2.45) is 0 Å². The van der Waals surface area contributed by atoms with Crippen molar-refractivity contribution in [2.75, 3.05) is 31.3 Å². The summed E-state index contributed by atoms with van der Waals surface area (Å²) in [5.74, 6) is 0.184. The molecule has 0 unspecified atom stereocenters. The summed E-state index contributed by atoms with van der Waals surface area (Å²) in [6.45, 7) is 4.43. The third-order valence-electron chi connectivity index (χ3n) is 3.84. The van der Waals surface area contributed by atoms with Crippen LogP contribution in [0.3, 0.4) is 0 Å². The lowest BCUT2D eigenvalue weighted by atomic mass is 10.0. The van der Waals surface area contributed by atoms with E-state index in [1.54, 1.807) is 38.4 Å². The van der Waals surface area contributed by atoms with Crippen molar-refractivity contribution in [3.8, 4) is 0 Å². The molecule has 2 N–H and O–H groups in total. The zero-order chi connectivity index (χ0) is 18.4. The summed E-state index contributed by atoms with van der Waals surface area (Å²) in [6, 6.07) is 14.9. The lowest BCUT2D eigenvalue weighted by Gasteiger charge is -2.14. The highest BCUT2D eigenvalue weighted by molar-refractivity contribution is 5.96. The average Bonchev–Trinajstić information content (AvgIpc) is 2.60. The molecule has 0 aromatic heterocycles. The number of hydrogen-bond acceptors (Lipinski definition) is 3. The molecule has 0 aliphatic carbocycles. The number of benzene rings is 2. The highest BCUT2D eigenvalue weighted by atomic mass is 16.2. The molecule has 0 aliphatic heterocycles.